The molecule has 0 fully saturated rings. The lowest BCUT2D eigenvalue weighted by Gasteiger charge is -2.15. The maximum absolute atomic E-state index is 12.9. The Morgan fingerprint density at radius 2 is 2.14 bits per heavy atom. The van der Waals surface area contributed by atoms with Crippen molar-refractivity contribution in [2.24, 2.45) is 0 Å². The Bertz CT molecular complexity index is 1120. The summed E-state index contributed by atoms with van der Waals surface area (Å²) >= 11 is 1.43. The molecule has 1 aliphatic rings. The molecule has 0 unspecified atom stereocenters. The van der Waals surface area contributed by atoms with E-state index < -0.39 is 0 Å². The zero-order chi connectivity index (χ0) is 19.7. The summed E-state index contributed by atoms with van der Waals surface area (Å²) < 4.78 is 3.64. The van der Waals surface area contributed by atoms with E-state index in [0.29, 0.717) is 15.8 Å². The quantitative estimate of drug-likeness (QED) is 0.451. The van der Waals surface area contributed by atoms with Crippen LogP contribution >= 0.6 is 11.3 Å². The van der Waals surface area contributed by atoms with Crippen molar-refractivity contribution in [1.82, 2.24) is 14.1 Å². The van der Waals surface area contributed by atoms with Gasteiger partial charge in [0, 0.05) is 23.5 Å². The Hall–Kier alpha value is -2.47. The number of hydrogen-bond acceptors (Lipinski definition) is 4. The van der Waals surface area contributed by atoms with Crippen molar-refractivity contribution in [2.45, 2.75) is 59.0 Å². The molecule has 0 bridgehead atoms. The molecular weight excluding hydrogens is 370 g/mol. The van der Waals surface area contributed by atoms with Crippen LogP contribution in [0.2, 0.25) is 0 Å². The van der Waals surface area contributed by atoms with Crippen molar-refractivity contribution < 1.29 is 4.79 Å². The van der Waals surface area contributed by atoms with Gasteiger partial charge in [-0.15, -0.1) is 11.3 Å². The zero-order valence-corrected chi connectivity index (χ0v) is 17.2. The Kier molecular flexibility index (Phi) is 5.31. The van der Waals surface area contributed by atoms with Gasteiger partial charge in [-0.05, 0) is 63.5 Å². The fraction of sp³-hybridized carbons (Fsp3) is 0.409. The molecule has 146 valence electrons. The molecule has 28 heavy (non-hydrogen) atoms. The average molecular weight is 396 g/mol. The van der Waals surface area contributed by atoms with Crippen LogP contribution in [0.3, 0.4) is 0 Å². The predicted molar refractivity (Wildman–Crippen MR) is 113 cm³/mol. The largest absolute Gasteiger partial charge is 0.348 e. The highest BCUT2D eigenvalue weighted by molar-refractivity contribution is 7.16. The number of rotatable bonds is 6. The predicted octanol–water partition coefficient (Wildman–Crippen LogP) is 4.65. The lowest BCUT2D eigenvalue weighted by atomic mass is 9.97. The van der Waals surface area contributed by atoms with Crippen molar-refractivity contribution in [3.05, 3.63) is 62.8 Å². The average Bonchev–Trinajstić information content (AvgIpc) is 3.28. The fourth-order valence-corrected chi connectivity index (χ4v) is 4.78. The van der Waals surface area contributed by atoms with E-state index in [9.17, 15) is 9.59 Å². The van der Waals surface area contributed by atoms with Crippen molar-refractivity contribution in [2.75, 3.05) is 0 Å². The van der Waals surface area contributed by atoms with Crippen LogP contribution in [-0.2, 0) is 13.1 Å². The van der Waals surface area contributed by atoms with Crippen LogP contribution in [0.25, 0.3) is 10.2 Å². The highest BCUT2D eigenvalue weighted by atomic mass is 32.1. The topological polar surface area (TPSA) is 56.9 Å². The van der Waals surface area contributed by atoms with Gasteiger partial charge in [-0.25, -0.2) is 4.98 Å². The Balaban J connectivity index is 1.53. The van der Waals surface area contributed by atoms with Crippen LogP contribution in [0.1, 0.15) is 53.8 Å². The third kappa shape index (κ3) is 3.61. The maximum atomic E-state index is 12.9. The van der Waals surface area contributed by atoms with Crippen LogP contribution in [-0.4, -0.2) is 19.9 Å². The summed E-state index contributed by atoms with van der Waals surface area (Å²) in [5, 5.41) is 2.42. The minimum Gasteiger partial charge on any atom is -0.348 e. The second-order valence-electron chi connectivity index (χ2n) is 7.53. The van der Waals surface area contributed by atoms with E-state index in [1.54, 1.807) is 6.07 Å². The van der Waals surface area contributed by atoms with Gasteiger partial charge in [0.1, 0.15) is 4.83 Å². The zero-order valence-electron chi connectivity index (χ0n) is 16.4. The van der Waals surface area contributed by atoms with Gasteiger partial charge in [0.15, 0.2) is 5.78 Å². The number of hydrogen-bond donors (Lipinski definition) is 0. The van der Waals surface area contributed by atoms with Crippen LogP contribution in [0.15, 0.2) is 40.3 Å². The standard InChI is InChI=1S/C22H25N3O2S/c1-15-12-19(16(2)25(15)10-8-17-6-4-3-5-7-17)20(26)13-24-14-23-21-18(22(24)27)9-11-28-21/h6,9,11-12,14H,3-5,7-8,10,13H2,1-2H3. The minimum absolute atomic E-state index is 0.0209. The highest BCUT2D eigenvalue weighted by Gasteiger charge is 2.17. The van der Waals surface area contributed by atoms with E-state index >= 15 is 0 Å². The number of allylic oxidation sites excluding steroid dienone is 2. The van der Waals surface area contributed by atoms with E-state index in [-0.39, 0.29) is 17.9 Å². The van der Waals surface area contributed by atoms with Crippen molar-refractivity contribution in [3.8, 4) is 0 Å². The van der Waals surface area contributed by atoms with Crippen LogP contribution in [0.5, 0.6) is 0 Å². The number of carbonyl (C=O) groups is 1. The molecule has 0 aromatic carbocycles. The summed E-state index contributed by atoms with van der Waals surface area (Å²) in [6, 6.07) is 3.72. The molecule has 0 saturated carbocycles. The molecule has 6 heteroatoms. The fourth-order valence-electron chi connectivity index (χ4n) is 4.06. The first kappa shape index (κ1) is 18.9. The van der Waals surface area contributed by atoms with E-state index in [0.717, 1.165) is 24.4 Å². The summed E-state index contributed by atoms with van der Waals surface area (Å²) in [5.74, 6) is -0.0466. The number of ketones is 1. The van der Waals surface area contributed by atoms with E-state index in [2.05, 4.69) is 15.6 Å². The summed E-state index contributed by atoms with van der Waals surface area (Å²) in [5.41, 5.74) is 4.16. The first-order chi connectivity index (χ1) is 13.5. The number of carbonyl (C=O) groups excluding carboxylic acids is 1. The van der Waals surface area contributed by atoms with E-state index in [1.165, 1.54) is 53.5 Å². The molecule has 0 radical (unpaired) electrons. The first-order valence-electron chi connectivity index (χ1n) is 9.85. The normalized spacial score (nSPS) is 14.4. The van der Waals surface area contributed by atoms with Crippen LogP contribution < -0.4 is 5.56 Å². The molecule has 5 nitrogen and oxygen atoms in total. The van der Waals surface area contributed by atoms with Gasteiger partial charge in [0.25, 0.3) is 5.56 Å². The number of aryl methyl sites for hydroxylation is 1. The first-order valence-corrected chi connectivity index (χ1v) is 10.7. The van der Waals surface area contributed by atoms with Gasteiger partial charge in [-0.1, -0.05) is 11.6 Å². The van der Waals surface area contributed by atoms with Gasteiger partial charge in [0.05, 0.1) is 18.3 Å². The van der Waals surface area contributed by atoms with Crippen molar-refractivity contribution >= 4 is 27.3 Å². The Morgan fingerprint density at radius 3 is 2.93 bits per heavy atom. The van der Waals surface area contributed by atoms with Gasteiger partial charge in [0.2, 0.25) is 0 Å². The maximum Gasteiger partial charge on any atom is 0.262 e. The van der Waals surface area contributed by atoms with Gasteiger partial charge < -0.3 is 4.57 Å². The van der Waals surface area contributed by atoms with Crippen molar-refractivity contribution in [1.29, 1.82) is 0 Å². The monoisotopic (exact) mass is 395 g/mol. The molecule has 1 aliphatic carbocycles. The molecule has 4 rings (SSSR count). The van der Waals surface area contributed by atoms with Gasteiger partial charge >= 0.3 is 0 Å². The smallest absolute Gasteiger partial charge is 0.262 e. The number of nitrogens with zero attached hydrogens (tertiary/aromatic N) is 3. The summed E-state index contributed by atoms with van der Waals surface area (Å²) in [6.07, 6.45) is 9.89. The third-order valence-corrected chi connectivity index (χ3v) is 6.50. The van der Waals surface area contributed by atoms with Crippen LogP contribution in [0, 0.1) is 13.8 Å². The lowest BCUT2D eigenvalue weighted by molar-refractivity contribution is 0.0970. The molecule has 3 aromatic heterocycles. The minimum atomic E-state index is -0.155. The molecule has 0 amide bonds. The Morgan fingerprint density at radius 1 is 1.29 bits per heavy atom. The Labute approximate surface area is 168 Å². The number of Topliss-reactive ketones (excluding diaryl/α,β-unsaturated/α-hetero) is 1. The molecule has 0 atom stereocenters. The highest BCUT2D eigenvalue weighted by Crippen LogP contribution is 2.23. The molecule has 3 aromatic rings. The third-order valence-electron chi connectivity index (χ3n) is 5.68. The lowest BCUT2D eigenvalue weighted by Crippen LogP contribution is -2.24. The van der Waals surface area contributed by atoms with Gasteiger partial charge in [-0.2, -0.15) is 0 Å². The number of fused-ring (bicyclic) bond motifs is 1. The second kappa shape index (κ2) is 7.87. The molecule has 0 saturated heterocycles. The molecule has 0 aliphatic heterocycles. The van der Waals surface area contributed by atoms with Gasteiger partial charge in [-0.3, -0.25) is 14.2 Å². The summed E-state index contributed by atoms with van der Waals surface area (Å²) in [6.45, 7) is 4.97. The summed E-state index contributed by atoms with van der Waals surface area (Å²) in [7, 11) is 0. The number of thiophene rings is 1. The summed E-state index contributed by atoms with van der Waals surface area (Å²) in [4.78, 5) is 30.5. The van der Waals surface area contributed by atoms with Crippen LogP contribution in [0.4, 0.5) is 0 Å². The molecular formula is C22H25N3O2S. The molecule has 0 N–H and O–H groups in total. The molecule has 0 spiro atoms. The SMILES string of the molecule is Cc1cc(C(=O)Cn2cnc3sccc3c2=O)c(C)n1CCC1=CCCCC1. The van der Waals surface area contributed by atoms with Crippen molar-refractivity contribution in [3.63, 3.8) is 0 Å². The second-order valence-corrected chi connectivity index (χ2v) is 8.43. The van der Waals surface area contributed by atoms with E-state index in [4.69, 9.17) is 0 Å². The molecule has 3 heterocycles. The number of aromatic nitrogens is 3. The van der Waals surface area contributed by atoms with E-state index in [1.807, 2.05) is 25.3 Å².